The quantitative estimate of drug-likeness (QED) is 0.883. The van der Waals surface area contributed by atoms with E-state index in [9.17, 15) is 0 Å². The predicted molar refractivity (Wildman–Crippen MR) is 81.1 cm³/mol. The summed E-state index contributed by atoms with van der Waals surface area (Å²) in [6, 6.07) is 8.92. The van der Waals surface area contributed by atoms with Crippen molar-refractivity contribution in [1.82, 2.24) is 5.32 Å². The van der Waals surface area contributed by atoms with Gasteiger partial charge in [-0.25, -0.2) is 0 Å². The minimum absolute atomic E-state index is 0.658. The Morgan fingerprint density at radius 3 is 2.74 bits per heavy atom. The van der Waals surface area contributed by atoms with Crippen molar-refractivity contribution in [2.45, 2.75) is 31.7 Å². The zero-order chi connectivity index (χ0) is 13.7. The van der Waals surface area contributed by atoms with Gasteiger partial charge in [0.25, 0.3) is 0 Å². The lowest BCUT2D eigenvalue weighted by atomic mass is 9.84. The van der Waals surface area contributed by atoms with Crippen molar-refractivity contribution < 1.29 is 4.74 Å². The van der Waals surface area contributed by atoms with Crippen molar-refractivity contribution in [1.29, 1.82) is 0 Å². The molecule has 0 saturated heterocycles. The second-order valence-corrected chi connectivity index (χ2v) is 5.49. The Morgan fingerprint density at radius 2 is 2.00 bits per heavy atom. The van der Waals surface area contributed by atoms with Gasteiger partial charge in [-0.3, -0.25) is 0 Å². The van der Waals surface area contributed by atoms with Crippen LogP contribution in [0.4, 0.5) is 5.69 Å². The van der Waals surface area contributed by atoms with Gasteiger partial charge in [-0.05, 0) is 37.9 Å². The summed E-state index contributed by atoms with van der Waals surface area (Å²) < 4.78 is 5.45. The molecule has 3 heteroatoms. The number of anilines is 1. The van der Waals surface area contributed by atoms with Crippen molar-refractivity contribution in [3.8, 4) is 5.75 Å². The van der Waals surface area contributed by atoms with Crippen molar-refractivity contribution in [2.24, 2.45) is 5.92 Å². The molecule has 0 spiro atoms. The highest BCUT2D eigenvalue weighted by Crippen LogP contribution is 2.30. The van der Waals surface area contributed by atoms with Gasteiger partial charge < -0.3 is 15.0 Å². The van der Waals surface area contributed by atoms with Gasteiger partial charge in [-0.15, -0.1) is 0 Å². The van der Waals surface area contributed by atoms with E-state index in [1.54, 1.807) is 7.11 Å². The number of ether oxygens (including phenoxy) is 1. The lowest BCUT2D eigenvalue weighted by molar-refractivity contribution is 0.278. The van der Waals surface area contributed by atoms with E-state index in [2.05, 4.69) is 36.4 Å². The molecule has 0 heterocycles. The summed E-state index contributed by atoms with van der Waals surface area (Å²) >= 11 is 0. The number of hydrogen-bond donors (Lipinski definition) is 1. The summed E-state index contributed by atoms with van der Waals surface area (Å²) in [5, 5.41) is 3.48. The summed E-state index contributed by atoms with van der Waals surface area (Å²) in [4.78, 5) is 2.33. The summed E-state index contributed by atoms with van der Waals surface area (Å²) in [7, 11) is 5.99. The Morgan fingerprint density at radius 1 is 1.26 bits per heavy atom. The van der Waals surface area contributed by atoms with Crippen LogP contribution in [0, 0.1) is 5.92 Å². The maximum absolute atomic E-state index is 5.45. The summed E-state index contributed by atoms with van der Waals surface area (Å²) in [5.74, 6) is 1.69. The number of para-hydroxylation sites is 2. The van der Waals surface area contributed by atoms with E-state index >= 15 is 0 Å². The molecule has 0 aliphatic heterocycles. The van der Waals surface area contributed by atoms with Gasteiger partial charge in [-0.1, -0.05) is 25.0 Å². The molecule has 106 valence electrons. The highest BCUT2D eigenvalue weighted by atomic mass is 16.5. The third kappa shape index (κ3) is 3.41. The fourth-order valence-electron chi connectivity index (χ4n) is 3.20. The van der Waals surface area contributed by atoms with Crippen molar-refractivity contribution in [3.63, 3.8) is 0 Å². The minimum atomic E-state index is 0.658. The second-order valence-electron chi connectivity index (χ2n) is 5.49. The van der Waals surface area contributed by atoms with Gasteiger partial charge >= 0.3 is 0 Å². The Hall–Kier alpha value is -1.22. The van der Waals surface area contributed by atoms with E-state index in [0.717, 1.165) is 18.2 Å². The second kappa shape index (κ2) is 6.80. The summed E-state index contributed by atoms with van der Waals surface area (Å²) in [5.41, 5.74) is 1.19. The van der Waals surface area contributed by atoms with E-state index in [1.165, 1.54) is 31.4 Å². The highest BCUT2D eigenvalue weighted by molar-refractivity contribution is 5.57. The molecule has 1 aliphatic carbocycles. The predicted octanol–water partition coefficient (Wildman–Crippen LogP) is 2.91. The van der Waals surface area contributed by atoms with Crippen LogP contribution >= 0.6 is 0 Å². The summed E-state index contributed by atoms with van der Waals surface area (Å²) in [6.07, 6.45) is 5.36. The standard InChI is InChI=1S/C16H26N2O/c1-17-14-9-5-4-8-13(14)12-18(2)15-10-6-7-11-16(15)19-3/h6-7,10-11,13-14,17H,4-5,8-9,12H2,1-3H3. The zero-order valence-corrected chi connectivity index (χ0v) is 12.4. The van der Waals surface area contributed by atoms with Crippen LogP contribution in [0.15, 0.2) is 24.3 Å². The fraction of sp³-hybridized carbons (Fsp3) is 0.625. The fourth-order valence-corrected chi connectivity index (χ4v) is 3.20. The molecule has 2 rings (SSSR count). The van der Waals surface area contributed by atoms with Crippen LogP contribution in [0.1, 0.15) is 25.7 Å². The van der Waals surface area contributed by atoms with Gasteiger partial charge in [0, 0.05) is 19.6 Å². The van der Waals surface area contributed by atoms with Crippen molar-refractivity contribution >= 4 is 5.69 Å². The molecule has 0 bridgehead atoms. The molecule has 1 fully saturated rings. The molecule has 0 amide bonds. The topological polar surface area (TPSA) is 24.5 Å². The number of methoxy groups -OCH3 is 1. The lowest BCUT2D eigenvalue weighted by Gasteiger charge is -2.35. The van der Waals surface area contributed by atoms with E-state index in [1.807, 2.05) is 12.1 Å². The SMILES string of the molecule is CNC1CCCCC1CN(C)c1ccccc1OC. The van der Waals surface area contributed by atoms with Crippen LogP contribution in [-0.4, -0.2) is 33.8 Å². The van der Waals surface area contributed by atoms with E-state index in [-0.39, 0.29) is 0 Å². The van der Waals surface area contributed by atoms with Gasteiger partial charge in [0.15, 0.2) is 0 Å². The molecule has 0 radical (unpaired) electrons. The Kier molecular flexibility index (Phi) is 5.08. The average Bonchev–Trinajstić information content (AvgIpc) is 2.47. The van der Waals surface area contributed by atoms with Crippen LogP contribution in [0.25, 0.3) is 0 Å². The van der Waals surface area contributed by atoms with Gasteiger partial charge in [-0.2, -0.15) is 0 Å². The van der Waals surface area contributed by atoms with Gasteiger partial charge in [0.2, 0.25) is 0 Å². The molecule has 1 saturated carbocycles. The first kappa shape index (κ1) is 14.2. The molecular formula is C16H26N2O. The van der Waals surface area contributed by atoms with Crippen LogP contribution in [-0.2, 0) is 0 Å². The lowest BCUT2D eigenvalue weighted by Crippen LogP contribution is -2.42. The Bertz CT molecular complexity index is 394. The number of benzene rings is 1. The molecule has 1 aromatic rings. The van der Waals surface area contributed by atoms with Gasteiger partial charge in [0.05, 0.1) is 12.8 Å². The zero-order valence-electron chi connectivity index (χ0n) is 12.4. The van der Waals surface area contributed by atoms with Gasteiger partial charge in [0.1, 0.15) is 5.75 Å². The minimum Gasteiger partial charge on any atom is -0.495 e. The van der Waals surface area contributed by atoms with Crippen molar-refractivity contribution in [3.05, 3.63) is 24.3 Å². The maximum atomic E-state index is 5.45. The number of nitrogens with one attached hydrogen (secondary N) is 1. The molecule has 3 nitrogen and oxygen atoms in total. The summed E-state index contributed by atoms with van der Waals surface area (Å²) in [6.45, 7) is 1.09. The Balaban J connectivity index is 2.05. The number of nitrogens with zero attached hydrogens (tertiary/aromatic N) is 1. The molecule has 1 N–H and O–H groups in total. The molecule has 1 aromatic carbocycles. The van der Waals surface area contributed by atoms with Crippen LogP contribution in [0.3, 0.4) is 0 Å². The molecule has 2 unspecified atom stereocenters. The van der Waals surface area contributed by atoms with Crippen molar-refractivity contribution in [2.75, 3.05) is 32.6 Å². The number of hydrogen-bond acceptors (Lipinski definition) is 3. The van der Waals surface area contributed by atoms with E-state index in [4.69, 9.17) is 4.74 Å². The molecular weight excluding hydrogens is 236 g/mol. The smallest absolute Gasteiger partial charge is 0.142 e. The normalized spacial score (nSPS) is 23.1. The molecule has 19 heavy (non-hydrogen) atoms. The monoisotopic (exact) mass is 262 g/mol. The van der Waals surface area contributed by atoms with E-state index in [0.29, 0.717) is 6.04 Å². The first-order valence-corrected chi connectivity index (χ1v) is 7.27. The largest absolute Gasteiger partial charge is 0.495 e. The van der Waals surface area contributed by atoms with Crippen LogP contribution in [0.2, 0.25) is 0 Å². The highest BCUT2D eigenvalue weighted by Gasteiger charge is 2.25. The number of rotatable bonds is 5. The van der Waals surface area contributed by atoms with Crippen LogP contribution < -0.4 is 15.0 Å². The third-order valence-electron chi connectivity index (χ3n) is 4.28. The van der Waals surface area contributed by atoms with Crippen LogP contribution in [0.5, 0.6) is 5.75 Å². The average molecular weight is 262 g/mol. The van der Waals surface area contributed by atoms with E-state index < -0.39 is 0 Å². The Labute approximate surface area is 116 Å². The third-order valence-corrected chi connectivity index (χ3v) is 4.28. The maximum Gasteiger partial charge on any atom is 0.142 e. The first-order valence-electron chi connectivity index (χ1n) is 7.27. The molecule has 2 atom stereocenters. The molecule has 0 aromatic heterocycles. The molecule has 1 aliphatic rings. The first-order chi connectivity index (χ1) is 9.26.